The van der Waals surface area contributed by atoms with Crippen molar-refractivity contribution in [3.63, 3.8) is 0 Å². The summed E-state index contributed by atoms with van der Waals surface area (Å²) in [5.74, 6) is -0.581. The first-order valence-corrected chi connectivity index (χ1v) is 12.1. The predicted octanol–water partition coefficient (Wildman–Crippen LogP) is 6.98. The number of allylic oxidation sites excluding steroid dienone is 1. The molecule has 2 rings (SSSR count). The second-order valence-electron chi connectivity index (χ2n) is 8.92. The molecule has 0 radical (unpaired) electrons. The van der Waals surface area contributed by atoms with Gasteiger partial charge >= 0.3 is 12.4 Å². The number of nitrogens with one attached hydrogen (secondary N) is 2. The number of nitrogens with zero attached hydrogens (tertiary/aromatic N) is 1. The Bertz CT molecular complexity index is 1260. The molecular formula is C23H22ClF6N3O2S. The molecule has 0 fully saturated rings. The molecule has 0 heterocycles. The van der Waals surface area contributed by atoms with Crippen molar-refractivity contribution >= 4 is 27.1 Å². The van der Waals surface area contributed by atoms with Crippen molar-refractivity contribution in [1.82, 2.24) is 5.32 Å². The van der Waals surface area contributed by atoms with Crippen LogP contribution < -0.4 is 10.6 Å². The van der Waals surface area contributed by atoms with E-state index in [0.717, 1.165) is 12.1 Å². The van der Waals surface area contributed by atoms with E-state index in [2.05, 4.69) is 10.6 Å². The number of alkyl halides is 6. The molecule has 2 N–H and O–H groups in total. The summed E-state index contributed by atoms with van der Waals surface area (Å²) < 4.78 is 106. The van der Waals surface area contributed by atoms with Crippen molar-refractivity contribution in [2.24, 2.45) is 5.41 Å². The van der Waals surface area contributed by atoms with Crippen LogP contribution in [0.15, 0.2) is 58.1 Å². The van der Waals surface area contributed by atoms with Gasteiger partial charge in [0.05, 0.1) is 16.0 Å². The van der Waals surface area contributed by atoms with Crippen molar-refractivity contribution in [3.8, 4) is 6.07 Å². The van der Waals surface area contributed by atoms with Gasteiger partial charge in [0.15, 0.2) is 4.91 Å². The summed E-state index contributed by atoms with van der Waals surface area (Å²) in [5.41, 5.74) is -4.49. The van der Waals surface area contributed by atoms with Crippen LogP contribution in [0.4, 0.5) is 32.0 Å². The monoisotopic (exact) mass is 553 g/mol. The van der Waals surface area contributed by atoms with E-state index in [0.29, 0.717) is 12.1 Å². The van der Waals surface area contributed by atoms with Crippen LogP contribution in [-0.2, 0) is 22.2 Å². The molecule has 0 aromatic heterocycles. The standard InChI is InChI=1S/C23H22ClF6N3O2S/c1-13(21(2,3)4)32-20(19(12-31)36(34,35)18-7-5-16(24)6-8-18)33-17-10-14(22(25,26)27)9-15(11-17)23(28,29)30/h5-11,13,32-33H,1-4H3/b20-19-/t13-/m0/s1. The van der Waals surface area contributed by atoms with Crippen molar-refractivity contribution < 1.29 is 34.8 Å². The van der Waals surface area contributed by atoms with Gasteiger partial charge in [-0.15, -0.1) is 0 Å². The number of hydrogen-bond acceptors (Lipinski definition) is 5. The summed E-state index contributed by atoms with van der Waals surface area (Å²) in [6.07, 6.45) is -10.2. The molecule has 196 valence electrons. The van der Waals surface area contributed by atoms with Crippen LogP contribution in [0.3, 0.4) is 0 Å². The molecule has 0 aliphatic carbocycles. The quantitative estimate of drug-likeness (QED) is 0.298. The second kappa shape index (κ2) is 10.2. The van der Waals surface area contributed by atoms with Crippen molar-refractivity contribution in [2.75, 3.05) is 5.32 Å². The fourth-order valence-electron chi connectivity index (χ4n) is 2.74. The van der Waals surface area contributed by atoms with E-state index in [1.54, 1.807) is 27.7 Å². The largest absolute Gasteiger partial charge is 0.416 e. The van der Waals surface area contributed by atoms with E-state index in [1.165, 1.54) is 18.2 Å². The predicted molar refractivity (Wildman–Crippen MR) is 123 cm³/mol. The highest BCUT2D eigenvalue weighted by Crippen LogP contribution is 2.38. The highest BCUT2D eigenvalue weighted by molar-refractivity contribution is 7.95. The molecule has 5 nitrogen and oxygen atoms in total. The zero-order valence-electron chi connectivity index (χ0n) is 19.4. The van der Waals surface area contributed by atoms with Gasteiger partial charge in [0.1, 0.15) is 11.9 Å². The first kappa shape index (κ1) is 29.3. The Morgan fingerprint density at radius 2 is 1.42 bits per heavy atom. The minimum atomic E-state index is -5.12. The van der Waals surface area contributed by atoms with Gasteiger partial charge in [0.25, 0.3) is 0 Å². The number of rotatable bonds is 6. The van der Waals surface area contributed by atoms with Crippen LogP contribution in [0.2, 0.25) is 5.02 Å². The first-order chi connectivity index (χ1) is 16.3. The van der Waals surface area contributed by atoms with Gasteiger partial charge in [-0.2, -0.15) is 31.6 Å². The van der Waals surface area contributed by atoms with Crippen LogP contribution >= 0.6 is 11.6 Å². The number of halogens is 7. The molecule has 1 atom stereocenters. The number of nitriles is 1. The molecule has 0 spiro atoms. The molecule has 0 unspecified atom stereocenters. The Morgan fingerprint density at radius 1 is 0.944 bits per heavy atom. The summed E-state index contributed by atoms with van der Waals surface area (Å²) in [6.45, 7) is 6.88. The molecule has 2 aromatic carbocycles. The fourth-order valence-corrected chi connectivity index (χ4v) is 4.10. The average Bonchev–Trinajstić information content (AvgIpc) is 2.72. The minimum Gasteiger partial charge on any atom is -0.367 e. The van der Waals surface area contributed by atoms with Crippen LogP contribution in [-0.4, -0.2) is 14.5 Å². The van der Waals surface area contributed by atoms with Gasteiger partial charge in [-0.05, 0) is 54.8 Å². The molecule has 0 amide bonds. The third-order valence-electron chi connectivity index (χ3n) is 5.24. The van der Waals surface area contributed by atoms with Gasteiger partial charge in [0, 0.05) is 16.8 Å². The fraction of sp³-hybridized carbons (Fsp3) is 0.348. The second-order valence-corrected chi connectivity index (χ2v) is 11.2. The van der Waals surface area contributed by atoms with Gasteiger partial charge < -0.3 is 10.6 Å². The van der Waals surface area contributed by atoms with E-state index < -0.39 is 61.2 Å². The average molecular weight is 554 g/mol. The van der Waals surface area contributed by atoms with Crippen molar-refractivity contribution in [2.45, 2.75) is 51.0 Å². The van der Waals surface area contributed by atoms with E-state index in [1.807, 2.05) is 0 Å². The maximum atomic E-state index is 13.3. The summed E-state index contributed by atoms with van der Waals surface area (Å²) in [6, 6.07) is 6.39. The lowest BCUT2D eigenvalue weighted by Gasteiger charge is -2.31. The third-order valence-corrected chi connectivity index (χ3v) is 7.22. The highest BCUT2D eigenvalue weighted by atomic mass is 35.5. The smallest absolute Gasteiger partial charge is 0.367 e. The first-order valence-electron chi connectivity index (χ1n) is 10.2. The van der Waals surface area contributed by atoms with Gasteiger partial charge in [-0.1, -0.05) is 32.4 Å². The molecule has 0 saturated heterocycles. The van der Waals surface area contributed by atoms with E-state index >= 15 is 0 Å². The molecule has 0 aliphatic rings. The molecular weight excluding hydrogens is 532 g/mol. The lowest BCUT2D eigenvalue weighted by molar-refractivity contribution is -0.143. The molecule has 36 heavy (non-hydrogen) atoms. The lowest BCUT2D eigenvalue weighted by atomic mass is 9.88. The van der Waals surface area contributed by atoms with Crippen molar-refractivity contribution in [1.29, 1.82) is 5.26 Å². The summed E-state index contributed by atoms with van der Waals surface area (Å²) in [4.78, 5) is -1.29. The van der Waals surface area contributed by atoms with Gasteiger partial charge in [0.2, 0.25) is 9.84 Å². The molecule has 13 heteroatoms. The van der Waals surface area contributed by atoms with Gasteiger partial charge in [-0.3, -0.25) is 0 Å². The molecule has 0 saturated carbocycles. The summed E-state index contributed by atoms with van der Waals surface area (Å²) in [5, 5.41) is 15.0. The van der Waals surface area contributed by atoms with Gasteiger partial charge in [-0.25, -0.2) is 8.42 Å². The number of anilines is 1. The summed E-state index contributed by atoms with van der Waals surface area (Å²) >= 11 is 5.79. The summed E-state index contributed by atoms with van der Waals surface area (Å²) in [7, 11) is -4.56. The molecule has 2 aromatic rings. The number of sulfone groups is 1. The zero-order valence-corrected chi connectivity index (χ0v) is 21.0. The Hall–Kier alpha value is -2.91. The Kier molecular flexibility index (Phi) is 8.32. The Balaban J connectivity index is 2.78. The number of benzene rings is 2. The zero-order chi connectivity index (χ0) is 27.7. The van der Waals surface area contributed by atoms with Crippen LogP contribution in [0.5, 0.6) is 0 Å². The maximum absolute atomic E-state index is 13.3. The van der Waals surface area contributed by atoms with Crippen molar-refractivity contribution in [3.05, 3.63) is 69.3 Å². The Labute approximate surface area is 209 Å². The van der Waals surface area contributed by atoms with E-state index in [-0.39, 0.29) is 16.0 Å². The van der Waals surface area contributed by atoms with Crippen LogP contribution in [0.1, 0.15) is 38.8 Å². The third kappa shape index (κ3) is 7.07. The molecule has 0 bridgehead atoms. The SMILES string of the molecule is C[C@H](N/C(Nc1cc(C(F)(F)F)cc(C(F)(F)F)c1)=C(\C#N)S(=O)(=O)c1ccc(Cl)cc1)C(C)(C)C. The topological polar surface area (TPSA) is 82.0 Å². The van der Waals surface area contributed by atoms with Crippen LogP contribution in [0, 0.1) is 16.7 Å². The maximum Gasteiger partial charge on any atom is 0.416 e. The molecule has 0 aliphatic heterocycles. The highest BCUT2D eigenvalue weighted by Gasteiger charge is 2.37. The normalized spacial score (nSPS) is 14.5. The lowest BCUT2D eigenvalue weighted by Crippen LogP contribution is -2.40. The Morgan fingerprint density at radius 3 is 1.81 bits per heavy atom. The van der Waals surface area contributed by atoms with E-state index in [9.17, 15) is 40.0 Å². The van der Waals surface area contributed by atoms with Crippen LogP contribution in [0.25, 0.3) is 0 Å². The van der Waals surface area contributed by atoms with E-state index in [4.69, 9.17) is 11.6 Å². The number of hydrogen-bond donors (Lipinski definition) is 2. The minimum absolute atomic E-state index is 0.0601.